The van der Waals surface area contributed by atoms with Crippen molar-refractivity contribution in [2.24, 2.45) is 4.99 Å². The van der Waals surface area contributed by atoms with Gasteiger partial charge in [-0.15, -0.1) is 0 Å². The number of hydrogen-bond acceptors (Lipinski definition) is 10. The molecule has 0 radical (unpaired) electrons. The molecule has 2 heterocycles. The average Bonchev–Trinajstić information content (AvgIpc) is 3.33. The van der Waals surface area contributed by atoms with Crippen LogP contribution in [-0.2, 0) is 35.6 Å². The summed E-state index contributed by atoms with van der Waals surface area (Å²) in [6.07, 6.45) is -0.479. The summed E-state index contributed by atoms with van der Waals surface area (Å²) in [5.74, 6) is -1.68. The third-order valence-electron chi connectivity index (χ3n) is 6.49. The van der Waals surface area contributed by atoms with Gasteiger partial charge < -0.3 is 23.7 Å². The van der Waals surface area contributed by atoms with Gasteiger partial charge in [-0.3, -0.25) is 9.59 Å². The Morgan fingerprint density at radius 1 is 0.837 bits per heavy atom. The van der Waals surface area contributed by atoms with E-state index in [-0.39, 0.29) is 67.8 Å². The molecule has 15 heteroatoms. The summed E-state index contributed by atoms with van der Waals surface area (Å²) in [6, 6.07) is 10.2. The van der Waals surface area contributed by atoms with Gasteiger partial charge in [0, 0.05) is 31.7 Å². The number of amides is 2. The summed E-state index contributed by atoms with van der Waals surface area (Å²) in [5.41, 5.74) is 1.02. The second-order valence-corrected chi connectivity index (χ2v) is 12.2. The number of carbonyl (C=O) groups excluding carboxylic acids is 4. The fraction of sp³-hybridized carbons (Fsp3) is 0.393. The number of benzene rings is 2. The number of carbonyl (C=O) groups is 4. The van der Waals surface area contributed by atoms with E-state index in [9.17, 15) is 27.6 Å². The second kappa shape index (κ2) is 13.9. The van der Waals surface area contributed by atoms with Crippen molar-refractivity contribution < 1.29 is 41.8 Å². The summed E-state index contributed by atoms with van der Waals surface area (Å²) in [5, 5.41) is 0. The number of rotatable bonds is 9. The molecule has 0 unspecified atom stereocenters. The third kappa shape index (κ3) is 7.29. The normalized spacial score (nSPS) is 14.5. The predicted molar refractivity (Wildman–Crippen MR) is 156 cm³/mol. The highest BCUT2D eigenvalue weighted by Crippen LogP contribution is 2.22. The van der Waals surface area contributed by atoms with Gasteiger partial charge in [0.2, 0.25) is 10.0 Å². The van der Waals surface area contributed by atoms with Crippen molar-refractivity contribution in [1.82, 2.24) is 13.8 Å². The van der Waals surface area contributed by atoms with E-state index in [0.717, 1.165) is 11.3 Å². The van der Waals surface area contributed by atoms with E-state index >= 15 is 0 Å². The number of fused-ring (bicyclic) bond motifs is 1. The molecule has 2 aromatic carbocycles. The highest BCUT2D eigenvalue weighted by atomic mass is 32.2. The molecule has 1 aromatic heterocycles. The zero-order valence-electron chi connectivity index (χ0n) is 24.0. The molecule has 1 fully saturated rings. The summed E-state index contributed by atoms with van der Waals surface area (Å²) in [7, 11) is -3.86. The number of hydrogen-bond donors (Lipinski definition) is 0. The molecule has 13 nitrogen and oxygen atoms in total. The zero-order chi connectivity index (χ0) is 31.1. The first-order valence-electron chi connectivity index (χ1n) is 13.7. The van der Waals surface area contributed by atoms with E-state index in [1.165, 1.54) is 38.0 Å². The summed E-state index contributed by atoms with van der Waals surface area (Å²) in [4.78, 5) is 55.5. The van der Waals surface area contributed by atoms with Crippen molar-refractivity contribution in [2.75, 3.05) is 46.0 Å². The van der Waals surface area contributed by atoms with Crippen LogP contribution in [0.4, 0.5) is 4.79 Å². The number of ether oxygens (including phenoxy) is 3. The number of nitrogens with zero attached hydrogens (tertiary/aromatic N) is 4. The SMILES string of the molecule is CCOC(=O)Cn1c(=NC(=O)c2ccc(S(=O)(=O)N3CCN(C(=O)OCC)CC3)cc2)sc2cc(C(=O)OCC)ccc21. The van der Waals surface area contributed by atoms with Gasteiger partial charge in [-0.25, -0.2) is 18.0 Å². The van der Waals surface area contributed by atoms with E-state index in [4.69, 9.17) is 14.2 Å². The predicted octanol–water partition coefficient (Wildman–Crippen LogP) is 2.65. The maximum Gasteiger partial charge on any atom is 0.409 e. The number of thiazole rings is 1. The van der Waals surface area contributed by atoms with Gasteiger partial charge >= 0.3 is 18.0 Å². The molecule has 0 saturated carbocycles. The Hall–Kier alpha value is -4.08. The van der Waals surface area contributed by atoms with E-state index in [0.29, 0.717) is 15.8 Å². The maximum atomic E-state index is 13.2. The molecule has 1 aliphatic rings. The quantitative estimate of drug-likeness (QED) is 0.256. The Labute approximate surface area is 252 Å². The first-order valence-corrected chi connectivity index (χ1v) is 15.9. The highest BCUT2D eigenvalue weighted by Gasteiger charge is 2.30. The van der Waals surface area contributed by atoms with Crippen LogP contribution in [0.25, 0.3) is 10.2 Å². The third-order valence-corrected chi connectivity index (χ3v) is 9.44. The molecule has 43 heavy (non-hydrogen) atoms. The van der Waals surface area contributed by atoms with E-state index in [1.54, 1.807) is 39.0 Å². The van der Waals surface area contributed by atoms with Crippen LogP contribution in [-0.4, -0.2) is 92.1 Å². The van der Waals surface area contributed by atoms with Crippen LogP contribution in [0.15, 0.2) is 52.4 Å². The highest BCUT2D eigenvalue weighted by molar-refractivity contribution is 7.89. The van der Waals surface area contributed by atoms with Gasteiger partial charge in [-0.2, -0.15) is 9.30 Å². The molecule has 0 spiro atoms. The number of aromatic nitrogens is 1. The smallest absolute Gasteiger partial charge is 0.409 e. The second-order valence-electron chi connectivity index (χ2n) is 9.21. The van der Waals surface area contributed by atoms with E-state index in [1.807, 2.05) is 0 Å². The van der Waals surface area contributed by atoms with Gasteiger partial charge in [0.1, 0.15) is 6.54 Å². The van der Waals surface area contributed by atoms with Crippen LogP contribution in [0, 0.1) is 0 Å². The molecule has 2 amide bonds. The number of piperazine rings is 1. The molecule has 0 bridgehead atoms. The minimum absolute atomic E-state index is 0.000586. The van der Waals surface area contributed by atoms with Crippen LogP contribution in [0.3, 0.4) is 0 Å². The molecular formula is C28H32N4O9S2. The summed E-state index contributed by atoms with van der Waals surface area (Å²) >= 11 is 1.11. The van der Waals surface area contributed by atoms with Crippen molar-refractivity contribution in [3.63, 3.8) is 0 Å². The molecule has 3 aromatic rings. The number of esters is 2. The average molecular weight is 633 g/mol. The van der Waals surface area contributed by atoms with Crippen LogP contribution >= 0.6 is 11.3 Å². The maximum absolute atomic E-state index is 13.2. The lowest BCUT2D eigenvalue weighted by Crippen LogP contribution is -2.50. The summed E-state index contributed by atoms with van der Waals surface area (Å²) < 4.78 is 44.9. The van der Waals surface area contributed by atoms with Crippen molar-refractivity contribution >= 4 is 55.5 Å². The number of sulfonamides is 1. The van der Waals surface area contributed by atoms with E-state index in [2.05, 4.69) is 4.99 Å². The van der Waals surface area contributed by atoms with Crippen molar-refractivity contribution in [3.8, 4) is 0 Å². The zero-order valence-corrected chi connectivity index (χ0v) is 25.6. The summed E-state index contributed by atoms with van der Waals surface area (Å²) in [6.45, 7) is 6.14. The molecule has 1 saturated heterocycles. The fourth-order valence-electron chi connectivity index (χ4n) is 4.38. The van der Waals surface area contributed by atoms with Gasteiger partial charge in [0.05, 0.1) is 40.5 Å². The van der Waals surface area contributed by atoms with Crippen LogP contribution in [0.1, 0.15) is 41.5 Å². The Kier molecular flexibility index (Phi) is 10.3. The Morgan fingerprint density at radius 2 is 1.47 bits per heavy atom. The van der Waals surface area contributed by atoms with Crippen molar-refractivity contribution in [3.05, 3.63) is 58.4 Å². The minimum atomic E-state index is -3.86. The lowest BCUT2D eigenvalue weighted by atomic mass is 10.2. The molecule has 4 rings (SSSR count). The lowest BCUT2D eigenvalue weighted by molar-refractivity contribution is -0.143. The van der Waals surface area contributed by atoms with Gasteiger partial charge in [-0.05, 0) is 63.2 Å². The minimum Gasteiger partial charge on any atom is -0.465 e. The van der Waals surface area contributed by atoms with Crippen LogP contribution < -0.4 is 4.80 Å². The van der Waals surface area contributed by atoms with E-state index < -0.39 is 34.0 Å². The molecule has 0 atom stereocenters. The largest absolute Gasteiger partial charge is 0.465 e. The first kappa shape index (κ1) is 31.8. The molecule has 230 valence electrons. The molecule has 0 N–H and O–H groups in total. The molecule has 0 aliphatic carbocycles. The van der Waals surface area contributed by atoms with Crippen molar-refractivity contribution in [1.29, 1.82) is 0 Å². The standard InChI is InChI=1S/C28H32N4O9S2/c1-4-39-24(33)18-32-22-12-9-20(26(35)40-5-2)17-23(22)42-27(32)29-25(34)19-7-10-21(11-8-19)43(37,38)31-15-13-30(14-16-31)28(36)41-6-3/h7-12,17H,4-6,13-16,18H2,1-3H3. The Balaban J connectivity index is 1.59. The first-order chi connectivity index (χ1) is 20.6. The Bertz CT molecular complexity index is 1690. The van der Waals surface area contributed by atoms with Gasteiger partial charge in [-0.1, -0.05) is 11.3 Å². The Morgan fingerprint density at radius 3 is 2.09 bits per heavy atom. The molecular weight excluding hydrogens is 600 g/mol. The van der Waals surface area contributed by atoms with Gasteiger partial charge in [0.15, 0.2) is 4.80 Å². The van der Waals surface area contributed by atoms with Crippen molar-refractivity contribution in [2.45, 2.75) is 32.2 Å². The van der Waals surface area contributed by atoms with Gasteiger partial charge in [0.25, 0.3) is 5.91 Å². The monoisotopic (exact) mass is 632 g/mol. The fourth-order valence-corrected chi connectivity index (χ4v) is 6.87. The van der Waals surface area contributed by atoms with Crippen LogP contribution in [0.5, 0.6) is 0 Å². The topological polar surface area (TPSA) is 154 Å². The lowest BCUT2D eigenvalue weighted by Gasteiger charge is -2.33. The molecule has 1 aliphatic heterocycles. The van der Waals surface area contributed by atoms with Crippen LogP contribution in [0.2, 0.25) is 0 Å².